The summed E-state index contributed by atoms with van der Waals surface area (Å²) in [6.07, 6.45) is 16.7. The molecule has 0 aliphatic rings. The minimum atomic E-state index is 0.573. The van der Waals surface area contributed by atoms with Crippen LogP contribution >= 0.6 is 0 Å². The highest BCUT2D eigenvalue weighted by atomic mass is 16.5. The lowest BCUT2D eigenvalue weighted by atomic mass is 9.86. The van der Waals surface area contributed by atoms with Gasteiger partial charge in [0.05, 0.1) is 6.61 Å². The lowest BCUT2D eigenvalue weighted by molar-refractivity contribution is 0.237. The maximum absolute atomic E-state index is 6.81. The van der Waals surface area contributed by atoms with E-state index in [1.54, 1.807) is 0 Å². The molecule has 1 nitrogen and oxygen atoms in total. The number of hydrogen-bond acceptors (Lipinski definition) is 1. The summed E-state index contributed by atoms with van der Waals surface area (Å²) in [5, 5.41) is 5.44. The lowest BCUT2D eigenvalue weighted by Crippen LogP contribution is -2.12. The van der Waals surface area contributed by atoms with Crippen LogP contribution < -0.4 is 4.74 Å². The average molecular weight is 517 g/mol. The molecule has 3 aromatic rings. The van der Waals surface area contributed by atoms with E-state index in [1.165, 1.54) is 110 Å². The first-order valence-electron chi connectivity index (χ1n) is 16.2. The number of fused-ring (bicyclic) bond motifs is 2. The Bertz CT molecular complexity index is 1100. The van der Waals surface area contributed by atoms with Crippen molar-refractivity contribution in [2.24, 2.45) is 11.8 Å². The molecular formula is C37H56O. The lowest BCUT2D eigenvalue weighted by Gasteiger charge is -2.22. The van der Waals surface area contributed by atoms with E-state index in [-0.39, 0.29) is 0 Å². The fourth-order valence-corrected chi connectivity index (χ4v) is 6.08. The van der Waals surface area contributed by atoms with Crippen LogP contribution in [0.3, 0.4) is 0 Å². The van der Waals surface area contributed by atoms with E-state index in [4.69, 9.17) is 4.74 Å². The van der Waals surface area contributed by atoms with Gasteiger partial charge in [0.15, 0.2) is 0 Å². The third kappa shape index (κ3) is 8.00. The first kappa shape index (κ1) is 30.5. The third-order valence-corrected chi connectivity index (χ3v) is 9.14. The van der Waals surface area contributed by atoms with Gasteiger partial charge in [-0.2, -0.15) is 0 Å². The zero-order valence-corrected chi connectivity index (χ0v) is 25.6. The fraction of sp³-hybridized carbons (Fsp3) is 0.622. The fourth-order valence-electron chi connectivity index (χ4n) is 6.08. The molecule has 0 aromatic heterocycles. The van der Waals surface area contributed by atoms with Gasteiger partial charge in [0.2, 0.25) is 0 Å². The van der Waals surface area contributed by atoms with E-state index < -0.39 is 0 Å². The highest BCUT2D eigenvalue weighted by molar-refractivity contribution is 6.08. The van der Waals surface area contributed by atoms with Crippen LogP contribution in [0, 0.1) is 11.8 Å². The van der Waals surface area contributed by atoms with Crippen molar-refractivity contribution in [3.63, 3.8) is 0 Å². The molecule has 210 valence electrons. The summed E-state index contributed by atoms with van der Waals surface area (Å²) in [7, 11) is 0. The molecule has 3 aromatic carbocycles. The van der Waals surface area contributed by atoms with Crippen LogP contribution in [-0.4, -0.2) is 6.61 Å². The first-order valence-corrected chi connectivity index (χ1v) is 16.2. The van der Waals surface area contributed by atoms with Crippen molar-refractivity contribution >= 4 is 21.5 Å². The van der Waals surface area contributed by atoms with Gasteiger partial charge in [-0.25, -0.2) is 0 Å². The Morgan fingerprint density at radius 3 is 1.89 bits per heavy atom. The maximum Gasteiger partial charge on any atom is 0.134 e. The van der Waals surface area contributed by atoms with Crippen molar-refractivity contribution in [2.45, 2.75) is 131 Å². The van der Waals surface area contributed by atoms with Gasteiger partial charge in [-0.3, -0.25) is 0 Å². The number of unbranched alkanes of at least 4 members (excludes halogenated alkanes) is 4. The molecule has 0 aliphatic heterocycles. The van der Waals surface area contributed by atoms with Gasteiger partial charge < -0.3 is 4.74 Å². The molecule has 0 N–H and O–H groups in total. The second-order valence-corrected chi connectivity index (χ2v) is 11.9. The summed E-state index contributed by atoms with van der Waals surface area (Å²) in [6, 6.07) is 16.3. The van der Waals surface area contributed by atoms with Gasteiger partial charge in [-0.15, -0.1) is 0 Å². The van der Waals surface area contributed by atoms with Crippen molar-refractivity contribution < 1.29 is 4.74 Å². The molecule has 0 saturated carbocycles. The topological polar surface area (TPSA) is 9.23 Å². The highest BCUT2D eigenvalue weighted by Gasteiger charge is 2.19. The van der Waals surface area contributed by atoms with Crippen LogP contribution in [0.25, 0.3) is 21.5 Å². The molecule has 0 amide bonds. The normalized spacial score (nSPS) is 14.2. The molecule has 3 atom stereocenters. The maximum atomic E-state index is 6.81. The molecule has 0 fully saturated rings. The van der Waals surface area contributed by atoms with E-state index >= 15 is 0 Å². The number of benzene rings is 3. The van der Waals surface area contributed by atoms with Gasteiger partial charge in [-0.1, -0.05) is 142 Å². The van der Waals surface area contributed by atoms with Gasteiger partial charge in [0.25, 0.3) is 0 Å². The van der Waals surface area contributed by atoms with Crippen molar-refractivity contribution in [1.29, 1.82) is 0 Å². The molecule has 0 radical (unpaired) electrons. The number of aryl methyl sites for hydroxylation is 1. The molecule has 38 heavy (non-hydrogen) atoms. The summed E-state index contributed by atoms with van der Waals surface area (Å²) in [5.41, 5.74) is 3.00. The molecule has 3 rings (SSSR count). The number of hydrogen-bond donors (Lipinski definition) is 0. The van der Waals surface area contributed by atoms with Crippen LogP contribution in [-0.2, 0) is 6.42 Å². The second kappa shape index (κ2) is 16.2. The minimum absolute atomic E-state index is 0.573. The predicted molar refractivity (Wildman–Crippen MR) is 170 cm³/mol. The molecule has 3 unspecified atom stereocenters. The van der Waals surface area contributed by atoms with Crippen LogP contribution in [0.4, 0.5) is 0 Å². The smallest absolute Gasteiger partial charge is 0.134 e. The van der Waals surface area contributed by atoms with Crippen molar-refractivity contribution in [3.05, 3.63) is 53.6 Å². The number of rotatable bonds is 18. The molecule has 0 heterocycles. The zero-order valence-electron chi connectivity index (χ0n) is 25.6. The van der Waals surface area contributed by atoms with Gasteiger partial charge in [-0.05, 0) is 65.3 Å². The minimum Gasteiger partial charge on any atom is -0.492 e. The molecule has 0 bridgehead atoms. The van der Waals surface area contributed by atoms with E-state index in [1.807, 2.05) is 0 Å². The Kier molecular flexibility index (Phi) is 13.0. The monoisotopic (exact) mass is 516 g/mol. The van der Waals surface area contributed by atoms with Gasteiger partial charge in [0.1, 0.15) is 5.75 Å². The van der Waals surface area contributed by atoms with Crippen molar-refractivity contribution in [2.75, 3.05) is 6.61 Å². The Hall–Kier alpha value is -2.02. The molecule has 0 spiro atoms. The average Bonchev–Trinajstić information content (AvgIpc) is 2.96. The summed E-state index contributed by atoms with van der Waals surface area (Å²) in [5.74, 6) is 3.13. The van der Waals surface area contributed by atoms with Crippen LogP contribution in [0.2, 0.25) is 0 Å². The molecule has 0 saturated heterocycles. The van der Waals surface area contributed by atoms with E-state index in [9.17, 15) is 0 Å². The summed E-state index contributed by atoms with van der Waals surface area (Å²) < 4.78 is 6.81. The Balaban J connectivity index is 2.03. The summed E-state index contributed by atoms with van der Waals surface area (Å²) in [6.45, 7) is 14.8. The van der Waals surface area contributed by atoms with Crippen LogP contribution in [0.1, 0.15) is 136 Å². The van der Waals surface area contributed by atoms with Gasteiger partial charge >= 0.3 is 0 Å². The Morgan fingerprint density at radius 2 is 1.26 bits per heavy atom. The van der Waals surface area contributed by atoms with Crippen molar-refractivity contribution in [3.8, 4) is 5.75 Å². The van der Waals surface area contributed by atoms with Crippen LogP contribution in [0.15, 0.2) is 42.5 Å². The Morgan fingerprint density at radius 1 is 0.632 bits per heavy atom. The van der Waals surface area contributed by atoms with E-state index in [2.05, 4.69) is 84.0 Å². The number of ether oxygens (including phenoxy) is 1. The highest BCUT2D eigenvalue weighted by Crippen LogP contribution is 2.41. The summed E-state index contributed by atoms with van der Waals surface area (Å²) in [4.78, 5) is 0. The quantitative estimate of drug-likeness (QED) is 0.121. The summed E-state index contributed by atoms with van der Waals surface area (Å²) >= 11 is 0. The first-order chi connectivity index (χ1) is 18.6. The van der Waals surface area contributed by atoms with Crippen LogP contribution in [0.5, 0.6) is 5.75 Å². The molecule has 1 heteroatoms. The Labute approximate surface area is 234 Å². The second-order valence-electron chi connectivity index (χ2n) is 11.9. The third-order valence-electron chi connectivity index (χ3n) is 9.14. The van der Waals surface area contributed by atoms with Crippen molar-refractivity contribution in [1.82, 2.24) is 0 Å². The SMILES string of the molecule is CCCCCC(CC)CCc1c2ccccc2c(OCC(CC)CCCCC)c2ccc(C(C)CC)cc12. The zero-order chi connectivity index (χ0) is 27.3. The standard InChI is InChI=1S/C37H56O/c1-7-12-14-18-29(10-4)22-24-33-32-20-16-17-21-34(32)37(38-27-30(11-5)19-15-13-8-2)35-25-23-31(26-36(33)35)28(6)9-3/h16-17,20-21,23,25-26,28-30H,7-15,18-19,22,24,27H2,1-6H3. The molecule has 0 aliphatic carbocycles. The van der Waals surface area contributed by atoms with Gasteiger partial charge in [0, 0.05) is 10.8 Å². The molecular weight excluding hydrogens is 460 g/mol. The largest absolute Gasteiger partial charge is 0.492 e. The van der Waals surface area contributed by atoms with E-state index in [0.29, 0.717) is 11.8 Å². The van der Waals surface area contributed by atoms with E-state index in [0.717, 1.165) is 24.7 Å². The predicted octanol–water partition coefficient (Wildman–Crippen LogP) is 12.0.